The second-order valence-corrected chi connectivity index (χ2v) is 11.4. The molecule has 3 aromatic rings. The molecule has 9 heteroatoms. The zero-order valence-corrected chi connectivity index (χ0v) is 25.0. The molecule has 1 fully saturated rings. The maximum Gasteiger partial charge on any atom is 1.00 e. The first-order chi connectivity index (χ1) is 18.2. The van der Waals surface area contributed by atoms with Gasteiger partial charge in [-0.3, -0.25) is 0 Å². The third-order valence-electron chi connectivity index (χ3n) is 7.06. The van der Waals surface area contributed by atoms with Gasteiger partial charge in [0.15, 0.2) is 0 Å². The summed E-state index contributed by atoms with van der Waals surface area (Å²) in [4.78, 5) is 0. The molecule has 2 unspecified atom stereocenters. The SMILES string of the molecule is O=S(=O)([O-])C(CC=CC(O)c1ccc(O)cc1)CCc1ccc(OC2(c3ccccc3)CCNCC2)cc1.[Na+]. The number of piperidine rings is 1. The van der Waals surface area contributed by atoms with Crippen LogP contribution in [0.15, 0.2) is 91.0 Å². The van der Waals surface area contributed by atoms with Crippen LogP contribution in [0.3, 0.4) is 0 Å². The molecule has 1 heterocycles. The minimum absolute atomic E-state index is 0. The molecule has 7 nitrogen and oxygen atoms in total. The van der Waals surface area contributed by atoms with Crippen LogP contribution in [0.2, 0.25) is 0 Å². The summed E-state index contributed by atoms with van der Waals surface area (Å²) in [6.07, 6.45) is 4.34. The van der Waals surface area contributed by atoms with E-state index in [1.54, 1.807) is 12.1 Å². The van der Waals surface area contributed by atoms with Gasteiger partial charge >= 0.3 is 29.6 Å². The molecule has 1 aliphatic heterocycles. The van der Waals surface area contributed by atoms with Crippen molar-refractivity contribution in [3.05, 3.63) is 108 Å². The number of phenolic OH excluding ortho intramolecular Hbond substituents is 1. The van der Waals surface area contributed by atoms with Gasteiger partial charge in [-0.15, -0.1) is 0 Å². The average molecular weight is 560 g/mol. The van der Waals surface area contributed by atoms with E-state index in [0.717, 1.165) is 42.8 Å². The van der Waals surface area contributed by atoms with Gasteiger partial charge in [0.25, 0.3) is 0 Å². The first kappa shape index (κ1) is 31.4. The molecule has 1 aliphatic rings. The minimum atomic E-state index is -4.52. The van der Waals surface area contributed by atoms with Gasteiger partial charge in [-0.1, -0.05) is 66.7 Å². The van der Waals surface area contributed by atoms with Gasteiger partial charge in [-0.05, 0) is 73.3 Å². The molecule has 4 rings (SSSR count). The van der Waals surface area contributed by atoms with Crippen molar-refractivity contribution in [2.45, 2.75) is 49.1 Å². The number of ether oxygens (including phenoxy) is 1. The zero-order valence-electron chi connectivity index (χ0n) is 22.2. The predicted octanol–water partition coefficient (Wildman–Crippen LogP) is 1.58. The number of phenols is 1. The van der Waals surface area contributed by atoms with Crippen molar-refractivity contribution in [3.63, 3.8) is 0 Å². The van der Waals surface area contributed by atoms with Crippen LogP contribution in [0.1, 0.15) is 48.5 Å². The van der Waals surface area contributed by atoms with Gasteiger partial charge in [-0.2, -0.15) is 0 Å². The van der Waals surface area contributed by atoms with E-state index in [2.05, 4.69) is 17.4 Å². The minimum Gasteiger partial charge on any atom is -0.748 e. The summed E-state index contributed by atoms with van der Waals surface area (Å²) in [6, 6.07) is 23.9. The van der Waals surface area contributed by atoms with Crippen LogP contribution < -0.4 is 39.6 Å². The van der Waals surface area contributed by atoms with Crippen LogP contribution in [0, 0.1) is 0 Å². The molecule has 3 aromatic carbocycles. The molecular weight excluding hydrogens is 525 g/mol. The number of aromatic hydroxyl groups is 1. The number of rotatable bonds is 11. The molecule has 1 saturated heterocycles. The van der Waals surface area contributed by atoms with Crippen LogP contribution in [0.4, 0.5) is 0 Å². The standard InChI is InChI=1S/C30H35NO6S.Na/c32-26-14-12-24(13-15-26)29(33)8-4-7-28(38(34,35)36)18-11-23-9-16-27(17-10-23)37-30(19-21-31-22-20-30)25-5-2-1-3-6-25;/h1-6,8-10,12-17,28-29,31-33H,7,11,18-22H2,(H,34,35,36);/q;+1/p-1. The number of hydrogen-bond acceptors (Lipinski definition) is 7. The van der Waals surface area contributed by atoms with Crippen LogP contribution in [-0.2, 0) is 22.1 Å². The fourth-order valence-electron chi connectivity index (χ4n) is 4.82. The van der Waals surface area contributed by atoms with E-state index in [9.17, 15) is 23.2 Å². The number of aryl methyl sites for hydroxylation is 1. The Kier molecular flexibility index (Phi) is 11.6. The quantitative estimate of drug-likeness (QED) is 0.185. The van der Waals surface area contributed by atoms with Crippen molar-refractivity contribution in [1.82, 2.24) is 5.32 Å². The summed E-state index contributed by atoms with van der Waals surface area (Å²) in [5, 5.41) is 21.9. The normalized spacial score (nSPS) is 16.8. The number of benzene rings is 3. The summed E-state index contributed by atoms with van der Waals surface area (Å²) < 4.78 is 42.2. The van der Waals surface area contributed by atoms with Crippen molar-refractivity contribution in [2.75, 3.05) is 13.1 Å². The molecule has 39 heavy (non-hydrogen) atoms. The van der Waals surface area contributed by atoms with E-state index in [4.69, 9.17) is 4.74 Å². The van der Waals surface area contributed by atoms with Gasteiger partial charge < -0.3 is 24.8 Å². The molecule has 3 N–H and O–H groups in total. The Morgan fingerprint density at radius 1 is 0.974 bits per heavy atom. The number of hydrogen-bond donors (Lipinski definition) is 3. The topological polar surface area (TPSA) is 119 Å². The van der Waals surface area contributed by atoms with E-state index in [1.165, 1.54) is 24.3 Å². The predicted molar refractivity (Wildman–Crippen MR) is 146 cm³/mol. The Bertz CT molecular complexity index is 1290. The smallest absolute Gasteiger partial charge is 0.748 e. The maximum absolute atomic E-state index is 11.9. The molecule has 0 aromatic heterocycles. The Balaban J connectivity index is 0.00000420. The summed E-state index contributed by atoms with van der Waals surface area (Å²) >= 11 is 0. The fraction of sp³-hybridized carbons (Fsp3) is 0.333. The fourth-order valence-corrected chi connectivity index (χ4v) is 5.57. The Morgan fingerprint density at radius 3 is 2.23 bits per heavy atom. The monoisotopic (exact) mass is 559 g/mol. The summed E-state index contributed by atoms with van der Waals surface area (Å²) in [7, 11) is -4.52. The summed E-state index contributed by atoms with van der Waals surface area (Å²) in [6.45, 7) is 1.75. The number of aliphatic hydroxyl groups is 1. The second kappa shape index (κ2) is 14.5. The van der Waals surface area contributed by atoms with Crippen molar-refractivity contribution < 1.29 is 57.5 Å². The van der Waals surface area contributed by atoms with Gasteiger partial charge in [-0.25, -0.2) is 8.42 Å². The number of allylic oxidation sites excluding steroid dienone is 1. The van der Waals surface area contributed by atoms with Crippen molar-refractivity contribution in [1.29, 1.82) is 0 Å². The van der Waals surface area contributed by atoms with Crippen molar-refractivity contribution in [3.8, 4) is 11.5 Å². The van der Waals surface area contributed by atoms with Crippen LogP contribution in [0.25, 0.3) is 0 Å². The van der Waals surface area contributed by atoms with Crippen molar-refractivity contribution in [2.24, 2.45) is 0 Å². The molecule has 0 radical (unpaired) electrons. The van der Waals surface area contributed by atoms with E-state index < -0.39 is 27.1 Å². The van der Waals surface area contributed by atoms with Gasteiger partial charge in [0.2, 0.25) is 0 Å². The summed E-state index contributed by atoms with van der Waals surface area (Å²) in [5.41, 5.74) is 2.23. The molecular formula is C30H34NNaO6S. The van der Waals surface area contributed by atoms with Gasteiger partial charge in [0.05, 0.1) is 21.5 Å². The Morgan fingerprint density at radius 2 is 1.62 bits per heavy atom. The van der Waals surface area contributed by atoms with Crippen LogP contribution >= 0.6 is 0 Å². The van der Waals surface area contributed by atoms with Crippen molar-refractivity contribution >= 4 is 10.1 Å². The van der Waals surface area contributed by atoms with E-state index in [0.29, 0.717) is 12.0 Å². The first-order valence-electron chi connectivity index (χ1n) is 12.9. The number of nitrogens with one attached hydrogen (secondary N) is 1. The first-order valence-corrected chi connectivity index (χ1v) is 14.3. The van der Waals surface area contributed by atoms with Crippen LogP contribution in [0.5, 0.6) is 11.5 Å². The van der Waals surface area contributed by atoms with E-state index in [-0.39, 0.29) is 48.1 Å². The summed E-state index contributed by atoms with van der Waals surface area (Å²) in [5.74, 6) is 0.836. The number of aliphatic hydroxyl groups excluding tert-OH is 1. The third-order valence-corrected chi connectivity index (χ3v) is 8.31. The zero-order chi connectivity index (χ0) is 27.0. The average Bonchev–Trinajstić information content (AvgIpc) is 2.92. The maximum atomic E-state index is 11.9. The molecule has 0 aliphatic carbocycles. The second-order valence-electron chi connectivity index (χ2n) is 9.71. The third kappa shape index (κ3) is 8.91. The van der Waals surface area contributed by atoms with E-state index in [1.807, 2.05) is 42.5 Å². The van der Waals surface area contributed by atoms with Crippen LogP contribution in [-0.4, -0.2) is 41.5 Å². The molecule has 2 atom stereocenters. The van der Waals surface area contributed by atoms with E-state index >= 15 is 0 Å². The Hall–Kier alpha value is -2.17. The molecule has 0 bridgehead atoms. The molecule has 0 amide bonds. The molecule has 0 spiro atoms. The van der Waals surface area contributed by atoms with Gasteiger partial charge in [0.1, 0.15) is 17.1 Å². The molecule has 202 valence electrons. The largest absolute Gasteiger partial charge is 1.00 e. The molecule has 0 saturated carbocycles. The Labute approximate surface area is 253 Å². The van der Waals surface area contributed by atoms with Gasteiger partial charge in [0, 0.05) is 12.8 Å².